The molecule has 0 spiro atoms. The van der Waals surface area contributed by atoms with Crippen LogP contribution in [0, 0.1) is 45.4 Å². The van der Waals surface area contributed by atoms with Crippen molar-refractivity contribution in [3.8, 4) is 41.8 Å². The first-order valence-electron chi connectivity index (χ1n) is 50.0. The average Bonchev–Trinajstić information content (AvgIpc) is 1.63. The van der Waals surface area contributed by atoms with Crippen LogP contribution in [0.3, 0.4) is 0 Å². The molecule has 6 aromatic heterocycles. The summed E-state index contributed by atoms with van der Waals surface area (Å²) in [5.74, 6) is -2.88. The highest BCUT2D eigenvalue weighted by Crippen LogP contribution is 2.39. The Morgan fingerprint density at radius 3 is 1.03 bits per heavy atom. The number of hydrogen-bond acceptors (Lipinski definition) is 28. The van der Waals surface area contributed by atoms with Gasteiger partial charge in [-0.25, -0.2) is 19.9 Å². The summed E-state index contributed by atoms with van der Waals surface area (Å²) in [5.41, 5.74) is 20.6. The van der Waals surface area contributed by atoms with Crippen LogP contribution in [-0.2, 0) is 85.5 Å². The third kappa shape index (κ3) is 30.6. The molecule has 5 aliphatic heterocycles. The van der Waals surface area contributed by atoms with E-state index in [1.54, 1.807) is 67.9 Å². The lowest BCUT2D eigenvalue weighted by atomic mass is 10.1. The maximum Gasteiger partial charge on any atom is 0.255 e. The van der Waals surface area contributed by atoms with Gasteiger partial charge in [-0.3, -0.25) is 57.5 Å². The molecular formula is C109H132N16O17S7. The second-order valence-corrected chi connectivity index (χ2v) is 45.0. The lowest BCUT2D eigenvalue weighted by molar-refractivity contribution is -0.144. The molecule has 11 aromatic rings. The van der Waals surface area contributed by atoms with E-state index in [0.717, 1.165) is 110 Å². The molecule has 0 unspecified atom stereocenters. The number of nitrogens with one attached hydrogen (secondary N) is 7. The molecule has 40 heteroatoms. The number of aryl methyl sites for hydroxylation is 4. The summed E-state index contributed by atoms with van der Waals surface area (Å²) in [7, 11) is 0. The van der Waals surface area contributed by atoms with Crippen molar-refractivity contribution in [2.75, 3.05) is 31.9 Å². The molecule has 0 saturated carbocycles. The average molecular weight is 2160 g/mol. The second-order valence-electron chi connectivity index (χ2n) is 39.2. The van der Waals surface area contributed by atoms with Crippen LogP contribution in [0.5, 0.6) is 0 Å². The zero-order chi connectivity index (χ0) is 107. The summed E-state index contributed by atoms with van der Waals surface area (Å²) in [6.07, 6.45) is -0.921. The molecule has 5 aliphatic rings. The van der Waals surface area contributed by atoms with Crippen LogP contribution in [0.1, 0.15) is 195 Å². The van der Waals surface area contributed by atoms with E-state index in [9.17, 15) is 83.1 Å². The van der Waals surface area contributed by atoms with Gasteiger partial charge in [0, 0.05) is 125 Å². The first kappa shape index (κ1) is 114. The van der Waals surface area contributed by atoms with E-state index < -0.39 is 96.6 Å². The van der Waals surface area contributed by atoms with Crippen LogP contribution in [0.4, 0.5) is 0 Å². The Bertz CT molecular complexity index is 6370. The van der Waals surface area contributed by atoms with E-state index in [0.29, 0.717) is 73.6 Å². The lowest BCUT2D eigenvalue weighted by Gasteiger charge is -2.32. The van der Waals surface area contributed by atoms with Gasteiger partial charge in [-0.05, 0) is 151 Å². The number of thiol groups is 1. The first-order valence-corrected chi connectivity index (χ1v) is 55.9. The van der Waals surface area contributed by atoms with E-state index in [4.69, 9.17) is 0 Å². The number of carbonyl (C=O) groups is 12. The van der Waals surface area contributed by atoms with Crippen LogP contribution in [0.15, 0.2) is 178 Å². The largest absolute Gasteiger partial charge is 0.391 e. The Morgan fingerprint density at radius 1 is 0.389 bits per heavy atom. The van der Waals surface area contributed by atoms with Crippen molar-refractivity contribution in [2.45, 2.75) is 252 Å². The molecule has 5 aromatic carbocycles. The van der Waals surface area contributed by atoms with Crippen molar-refractivity contribution < 1.29 is 83.1 Å². The molecule has 0 bridgehead atoms. The smallest absolute Gasteiger partial charge is 0.255 e. The number of likely N-dealkylation sites (tertiary alicyclic amines) is 4. The van der Waals surface area contributed by atoms with Gasteiger partial charge in [0.2, 0.25) is 53.2 Å². The van der Waals surface area contributed by atoms with E-state index >= 15 is 0 Å². The minimum absolute atomic E-state index is 0.0368. The molecule has 0 radical (unpaired) electrons. The molecule has 12 amide bonds. The zero-order valence-corrected chi connectivity index (χ0v) is 91.1. The predicted octanol–water partition coefficient (Wildman–Crippen LogP) is 12.8. The molecule has 4 saturated heterocycles. The van der Waals surface area contributed by atoms with Crippen molar-refractivity contribution in [2.24, 2.45) is 17.8 Å². The van der Waals surface area contributed by atoms with Crippen molar-refractivity contribution in [1.29, 1.82) is 0 Å². The second kappa shape index (κ2) is 54.0. The van der Waals surface area contributed by atoms with Gasteiger partial charge in [0.25, 0.3) is 17.7 Å². The standard InChI is InChI=1S/C30H28N4O4S2.C28H34N4O4S2.C26H36N4O5S.C25H34N4O4S2/c1-18-27(40-17-32-18)20-10-8-19(9-11-20)14-31-28(36)24-13-22(35)16-33(24)30(38)26(25-7-4-12-39-25)34-15-21-5-2-3-6-23(21)29(34)37;1-17(2)6-11-24(34)31-25(23-5-4-12-37-23)28(36)32-15-21(33)13-22(32)27(35)29-14-19-7-9-20(10-8-19)26-18(3)30-16-38-26;1-15(2)5-10-22(33)29-23(17(4)31)26(35)30-13-20(32)11-21(30)25(34)27-12-18-6-8-19(9-7-18)24-16(3)28-14-36-24;1-15(2)4-9-22(31)28-20(13-34)25(33)29-12-19(30)10-21(29)24(32)26-11-17-5-7-18(8-6-17)23-16(3)27-14-35-23/h2-12,17,22,24,26,35H,13-16H2,1H3,(H,31,36);4-5,7-10,12,16-17,21-22,25,33H,6,11,13-15H2,1-3H3,(H,29,35)(H,31,34);6-9,14-15,17,20-21,23,31-32H,5,10-13H2,1-4H3,(H,27,34)(H,29,33);5-8,14-15,19-21,30,34H,4,9-13H2,1-3H3,(H,26,32)(H,28,31)/t22-,24+,26+;21-,22+,25+;17-,20+,21-,23-;19-,20+,21+/m1101/s1. The van der Waals surface area contributed by atoms with Crippen LogP contribution < -0.4 is 37.2 Å². The van der Waals surface area contributed by atoms with Gasteiger partial charge < -0.3 is 87.2 Å². The van der Waals surface area contributed by atoms with Gasteiger partial charge >= 0.3 is 0 Å². The van der Waals surface area contributed by atoms with Gasteiger partial charge in [0.15, 0.2) is 0 Å². The molecular weight excluding hydrogens is 2030 g/mol. The number of benzene rings is 5. The summed E-state index contributed by atoms with van der Waals surface area (Å²) in [6.45, 7) is 23.0. The van der Waals surface area contributed by atoms with Gasteiger partial charge in [-0.15, -0.1) is 68.0 Å². The van der Waals surface area contributed by atoms with Gasteiger partial charge in [-0.2, -0.15) is 12.6 Å². The maximum absolute atomic E-state index is 14.1. The Labute approximate surface area is 897 Å². The maximum atomic E-state index is 14.1. The van der Waals surface area contributed by atoms with Crippen LogP contribution in [0.2, 0.25) is 0 Å². The fourth-order valence-electron chi connectivity index (χ4n) is 18.2. The van der Waals surface area contributed by atoms with Crippen molar-refractivity contribution in [3.05, 3.63) is 244 Å². The topological polar surface area (TPSA) is 458 Å². The number of thiazole rings is 4. The van der Waals surface area contributed by atoms with Crippen molar-refractivity contribution in [1.82, 2.24) is 81.7 Å². The minimum atomic E-state index is -1.19. The van der Waals surface area contributed by atoms with Gasteiger partial charge in [0.1, 0.15) is 48.3 Å². The van der Waals surface area contributed by atoms with E-state index in [-0.39, 0.29) is 124 Å². The highest BCUT2D eigenvalue weighted by molar-refractivity contribution is 7.80. The predicted molar refractivity (Wildman–Crippen MR) is 581 cm³/mol. The Kier molecular flexibility index (Phi) is 41.3. The van der Waals surface area contributed by atoms with Gasteiger partial charge in [-0.1, -0.05) is 169 Å². The number of β-amino-alcohol motifs (C(OH)–C–C–N with tert-alkyl or cyclic N) is 4. The molecule has 149 heavy (non-hydrogen) atoms. The Hall–Kier alpha value is -12.2. The number of aliphatic hydroxyl groups is 5. The molecule has 4 fully saturated rings. The third-order valence-corrected chi connectivity index (χ3v) is 32.6. The first-order chi connectivity index (χ1) is 71.4. The molecule has 792 valence electrons. The fourth-order valence-corrected chi connectivity index (χ4v) is 23.3. The normalized spacial score (nSPS) is 18.7. The number of aliphatic hydroxyl groups excluding tert-OH is 5. The Morgan fingerprint density at radius 2 is 0.711 bits per heavy atom. The summed E-state index contributed by atoms with van der Waals surface area (Å²) < 4.78 is 0. The molecule has 12 N–H and O–H groups in total. The number of rotatable bonds is 37. The summed E-state index contributed by atoms with van der Waals surface area (Å²) in [4.78, 5) is 187. The molecule has 0 aliphatic carbocycles. The summed E-state index contributed by atoms with van der Waals surface area (Å²) >= 11 is 13.3. The monoisotopic (exact) mass is 2160 g/mol. The fraction of sp³-hybridized carbons (Fsp3) is 0.431. The van der Waals surface area contributed by atoms with Crippen molar-refractivity contribution >= 4 is 152 Å². The number of hydrogen-bond donors (Lipinski definition) is 13. The van der Waals surface area contributed by atoms with Crippen LogP contribution in [0.25, 0.3) is 41.8 Å². The highest BCUT2D eigenvalue weighted by Gasteiger charge is 2.49. The molecule has 33 nitrogen and oxygen atoms in total. The quantitative estimate of drug-likeness (QED) is 0.0161. The number of nitrogens with zero attached hydrogens (tertiary/aromatic N) is 9. The number of amides is 12. The third-order valence-electron chi connectivity index (χ3n) is 26.5. The molecule has 16 rings (SSSR count). The van der Waals surface area contributed by atoms with Crippen molar-refractivity contribution in [3.63, 3.8) is 0 Å². The van der Waals surface area contributed by atoms with Crippen LogP contribution in [-0.4, -0.2) is 240 Å². The molecule has 11 heterocycles. The minimum Gasteiger partial charge on any atom is -0.391 e. The van der Waals surface area contributed by atoms with E-state index in [2.05, 4.69) is 69.8 Å². The number of thiophene rings is 2. The Balaban J connectivity index is 0.000000166. The number of aromatic nitrogens is 4. The summed E-state index contributed by atoms with van der Waals surface area (Å²) in [6, 6.07) is 39.1. The number of fused-ring (bicyclic) bond motifs is 1. The number of carbonyl (C=O) groups excluding carboxylic acids is 12. The van der Waals surface area contributed by atoms with E-state index in [1.807, 2.05) is 230 Å². The lowest BCUT2D eigenvalue weighted by Crippen LogP contribution is -2.57. The highest BCUT2D eigenvalue weighted by atomic mass is 32.1. The molecule has 13 atom stereocenters. The van der Waals surface area contributed by atoms with Gasteiger partial charge in [0.05, 0.1) is 94.8 Å². The van der Waals surface area contributed by atoms with Crippen LogP contribution >= 0.6 is 80.6 Å². The van der Waals surface area contributed by atoms with E-state index in [1.165, 1.54) is 49.2 Å². The summed E-state index contributed by atoms with van der Waals surface area (Å²) in [5, 5.41) is 75.0. The zero-order valence-electron chi connectivity index (χ0n) is 85.3. The SMILES string of the molecule is Cc1ncsc1-c1ccc(CNC(=O)[C@@H]2C[C@@H](O)CN2C(=O)[C@@H](NC(=O)CCC(C)C)[C@H](C)O)cc1.Cc1ncsc1-c1ccc(CNC(=O)[C@@H]2C[C@@H](O)CN2C(=O)[C@@H](NC(=O)CCC(C)C)c2cccs2)cc1.Cc1ncsc1-c1ccc(CNC(=O)[C@@H]2C[C@@H](O)CN2C(=O)[C@H](CS)NC(=O)CCC(C)C)cc1.Cc1ncsc1-c1ccc(CNC(=O)[C@@H]2C[C@@H](O)CN2C(=O)[C@H](c2cccs2)N2Cc3ccccc3C2=O)cc1.